The summed E-state index contributed by atoms with van der Waals surface area (Å²) in [6.45, 7) is 7.74. The van der Waals surface area contributed by atoms with Crippen LogP contribution in [0.5, 0.6) is 0 Å². The highest BCUT2D eigenvalue weighted by atomic mass is 28.4. The predicted octanol–water partition coefficient (Wildman–Crippen LogP) is 2.37. The minimum absolute atomic E-state index is 0.135. The minimum atomic E-state index is -1.44. The third-order valence-electron chi connectivity index (χ3n) is 1.98. The van der Waals surface area contributed by atoms with Crippen LogP contribution >= 0.6 is 0 Å². The van der Waals surface area contributed by atoms with E-state index in [1.54, 1.807) is 7.11 Å². The molecule has 0 N–H and O–H groups in total. The molecular formula is C9H18O2Si. The number of ketones is 1. The lowest BCUT2D eigenvalue weighted by Crippen LogP contribution is -2.28. The predicted molar refractivity (Wildman–Crippen MR) is 53.7 cm³/mol. The highest BCUT2D eigenvalue weighted by Gasteiger charge is 2.19. The van der Waals surface area contributed by atoms with Crippen LogP contribution in [0.25, 0.3) is 0 Å². The summed E-state index contributed by atoms with van der Waals surface area (Å²) in [6, 6.07) is 1.04. The van der Waals surface area contributed by atoms with Gasteiger partial charge < -0.3 is 4.43 Å². The number of carbonyl (C=O) groups is 1. The van der Waals surface area contributed by atoms with Crippen LogP contribution in [-0.4, -0.2) is 21.2 Å². The summed E-state index contributed by atoms with van der Waals surface area (Å²) in [4.78, 5) is 10.8. The van der Waals surface area contributed by atoms with E-state index >= 15 is 0 Å². The Balaban J connectivity index is 3.56. The number of hydrogen-bond acceptors (Lipinski definition) is 2. The van der Waals surface area contributed by atoms with E-state index in [-0.39, 0.29) is 5.78 Å². The second kappa shape index (κ2) is 5.27. The van der Waals surface area contributed by atoms with Gasteiger partial charge in [-0.15, -0.1) is 0 Å². The molecule has 0 saturated carbocycles. The van der Waals surface area contributed by atoms with Gasteiger partial charge >= 0.3 is 0 Å². The first kappa shape index (κ1) is 11.6. The second-order valence-electron chi connectivity index (χ2n) is 3.49. The molecule has 0 radical (unpaired) electrons. The van der Waals surface area contributed by atoms with Crippen molar-refractivity contribution in [2.45, 2.75) is 32.0 Å². The summed E-state index contributed by atoms with van der Waals surface area (Å²) >= 11 is 0. The molecule has 0 aliphatic rings. The molecule has 0 aromatic heterocycles. The lowest BCUT2D eigenvalue weighted by Gasteiger charge is -2.18. The van der Waals surface area contributed by atoms with Crippen LogP contribution in [0.4, 0.5) is 0 Å². The molecule has 0 atom stereocenters. The van der Waals surface area contributed by atoms with E-state index in [2.05, 4.69) is 19.7 Å². The molecule has 0 rings (SSSR count). The summed E-state index contributed by atoms with van der Waals surface area (Å²) in [6.07, 6.45) is 2.93. The van der Waals surface area contributed by atoms with Crippen LogP contribution in [0.2, 0.25) is 19.1 Å². The molecule has 3 heteroatoms. The van der Waals surface area contributed by atoms with Gasteiger partial charge in [0, 0.05) is 13.5 Å². The number of rotatable bonds is 6. The Labute approximate surface area is 75.7 Å². The summed E-state index contributed by atoms with van der Waals surface area (Å²) in [5.74, 6) is 0.135. The van der Waals surface area contributed by atoms with Crippen molar-refractivity contribution in [2.24, 2.45) is 0 Å². The van der Waals surface area contributed by atoms with Gasteiger partial charge in [-0.05, 0) is 31.6 Å². The smallest absolute Gasteiger partial charge is 0.186 e. The molecule has 12 heavy (non-hydrogen) atoms. The van der Waals surface area contributed by atoms with Crippen molar-refractivity contribution in [3.8, 4) is 0 Å². The molecule has 0 aliphatic carbocycles. The van der Waals surface area contributed by atoms with E-state index in [1.165, 1.54) is 6.08 Å². The molecule has 2 nitrogen and oxygen atoms in total. The summed E-state index contributed by atoms with van der Waals surface area (Å²) in [5, 5.41) is 0. The number of allylic oxidation sites excluding steroid dienone is 1. The Bertz CT molecular complexity index is 164. The zero-order valence-corrected chi connectivity index (χ0v) is 9.22. The van der Waals surface area contributed by atoms with Crippen LogP contribution in [0.3, 0.4) is 0 Å². The van der Waals surface area contributed by atoms with Gasteiger partial charge in [-0.3, -0.25) is 4.79 Å². The van der Waals surface area contributed by atoms with Crippen LogP contribution < -0.4 is 0 Å². The van der Waals surface area contributed by atoms with Crippen molar-refractivity contribution in [1.29, 1.82) is 0 Å². The molecule has 0 bridgehead atoms. The van der Waals surface area contributed by atoms with Gasteiger partial charge in [0.1, 0.15) is 0 Å². The van der Waals surface area contributed by atoms with Gasteiger partial charge in [0.2, 0.25) is 0 Å². The van der Waals surface area contributed by atoms with Gasteiger partial charge in [0.25, 0.3) is 0 Å². The Morgan fingerprint density at radius 3 is 2.58 bits per heavy atom. The average Bonchev–Trinajstić information content (AvgIpc) is 2.04. The Kier molecular flexibility index (Phi) is 5.09. The fourth-order valence-electron chi connectivity index (χ4n) is 0.892. The molecule has 0 unspecified atom stereocenters. The fourth-order valence-corrected chi connectivity index (χ4v) is 2.12. The van der Waals surface area contributed by atoms with Crippen LogP contribution in [0.15, 0.2) is 12.7 Å². The molecule has 0 spiro atoms. The Morgan fingerprint density at radius 1 is 1.58 bits per heavy atom. The molecule has 0 fully saturated rings. The monoisotopic (exact) mass is 186 g/mol. The van der Waals surface area contributed by atoms with Gasteiger partial charge in [-0.1, -0.05) is 6.58 Å². The number of hydrogen-bond donors (Lipinski definition) is 0. The maximum absolute atomic E-state index is 10.8. The molecular weight excluding hydrogens is 168 g/mol. The van der Waals surface area contributed by atoms with E-state index in [1.807, 2.05) is 0 Å². The van der Waals surface area contributed by atoms with E-state index < -0.39 is 8.32 Å². The van der Waals surface area contributed by atoms with Crippen molar-refractivity contribution in [2.75, 3.05) is 7.11 Å². The lowest BCUT2D eigenvalue weighted by atomic mass is 10.2. The Morgan fingerprint density at radius 2 is 2.17 bits per heavy atom. The largest absolute Gasteiger partial charge is 0.420 e. The third kappa shape index (κ3) is 5.27. The standard InChI is InChI=1S/C9H18O2Si/c1-5-9(10)7-6-8-12(3,4)11-2/h5H,1,6-8H2,2-4H3. The minimum Gasteiger partial charge on any atom is -0.420 e. The molecule has 0 aromatic rings. The average molecular weight is 186 g/mol. The van der Waals surface area contributed by atoms with E-state index in [9.17, 15) is 4.79 Å². The maximum atomic E-state index is 10.8. The third-order valence-corrected chi connectivity index (χ3v) is 4.65. The molecule has 0 heterocycles. The van der Waals surface area contributed by atoms with Gasteiger partial charge in [0.05, 0.1) is 0 Å². The zero-order chi connectivity index (χ0) is 9.61. The van der Waals surface area contributed by atoms with Gasteiger partial charge in [0.15, 0.2) is 14.1 Å². The summed E-state index contributed by atoms with van der Waals surface area (Å²) in [5.41, 5.74) is 0. The molecule has 0 aromatic carbocycles. The summed E-state index contributed by atoms with van der Waals surface area (Å²) in [7, 11) is 0.308. The maximum Gasteiger partial charge on any atom is 0.186 e. The SMILES string of the molecule is C=CC(=O)CCC[Si](C)(C)OC. The van der Waals surface area contributed by atoms with Crippen molar-refractivity contribution in [3.63, 3.8) is 0 Å². The molecule has 70 valence electrons. The first-order chi connectivity index (χ1) is 5.52. The highest BCUT2D eigenvalue weighted by molar-refractivity contribution is 6.71. The number of carbonyl (C=O) groups excluding carboxylic acids is 1. The summed E-state index contributed by atoms with van der Waals surface area (Å²) < 4.78 is 5.35. The molecule has 0 amide bonds. The van der Waals surface area contributed by atoms with E-state index in [0.717, 1.165) is 12.5 Å². The van der Waals surface area contributed by atoms with Crippen molar-refractivity contribution >= 4 is 14.1 Å². The lowest BCUT2D eigenvalue weighted by molar-refractivity contribution is -0.114. The Hall–Kier alpha value is -0.413. The van der Waals surface area contributed by atoms with Crippen LogP contribution in [-0.2, 0) is 9.22 Å². The van der Waals surface area contributed by atoms with Crippen molar-refractivity contribution in [3.05, 3.63) is 12.7 Å². The van der Waals surface area contributed by atoms with Crippen molar-refractivity contribution < 1.29 is 9.22 Å². The van der Waals surface area contributed by atoms with Crippen molar-refractivity contribution in [1.82, 2.24) is 0 Å². The quantitative estimate of drug-likeness (QED) is 0.470. The highest BCUT2D eigenvalue weighted by Crippen LogP contribution is 2.13. The zero-order valence-electron chi connectivity index (χ0n) is 8.22. The normalized spacial score (nSPS) is 11.2. The first-order valence-corrected chi connectivity index (χ1v) is 7.34. The van der Waals surface area contributed by atoms with Gasteiger partial charge in [-0.25, -0.2) is 0 Å². The molecule has 0 saturated heterocycles. The first-order valence-electron chi connectivity index (χ1n) is 4.22. The second-order valence-corrected chi connectivity index (χ2v) is 7.92. The molecule has 0 aliphatic heterocycles. The van der Waals surface area contributed by atoms with Crippen LogP contribution in [0.1, 0.15) is 12.8 Å². The van der Waals surface area contributed by atoms with Crippen LogP contribution in [0, 0.1) is 0 Å². The fraction of sp³-hybridized carbons (Fsp3) is 0.667. The topological polar surface area (TPSA) is 26.3 Å². The van der Waals surface area contributed by atoms with E-state index in [4.69, 9.17) is 4.43 Å². The van der Waals surface area contributed by atoms with Gasteiger partial charge in [-0.2, -0.15) is 0 Å². The van der Waals surface area contributed by atoms with E-state index in [0.29, 0.717) is 6.42 Å².